The van der Waals surface area contributed by atoms with Crippen LogP contribution in [0, 0.1) is 5.92 Å². The quantitative estimate of drug-likeness (QED) is 0.114. The predicted octanol–water partition coefficient (Wildman–Crippen LogP) is 8.51. The number of hydrogen-bond donors (Lipinski definition) is 1. The summed E-state index contributed by atoms with van der Waals surface area (Å²) in [4.78, 5) is 23.9. The highest BCUT2D eigenvalue weighted by molar-refractivity contribution is 5.84. The van der Waals surface area contributed by atoms with Gasteiger partial charge in [0, 0.05) is 6.42 Å². The number of methoxy groups -OCH3 is 1. The maximum Gasteiger partial charge on any atom is 0.328 e. The molecule has 33 heavy (non-hydrogen) atoms. The van der Waals surface area contributed by atoms with Gasteiger partial charge in [0.1, 0.15) is 6.04 Å². The molecule has 1 amide bonds. The summed E-state index contributed by atoms with van der Waals surface area (Å²) in [5.74, 6) is -0.0347. The van der Waals surface area contributed by atoms with Crippen molar-refractivity contribution in [2.45, 2.75) is 162 Å². The van der Waals surface area contributed by atoms with Crippen LogP contribution in [0.2, 0.25) is 0 Å². The zero-order chi connectivity index (χ0) is 24.6. The van der Waals surface area contributed by atoms with Crippen LogP contribution in [-0.2, 0) is 14.3 Å². The van der Waals surface area contributed by atoms with Crippen molar-refractivity contribution in [1.29, 1.82) is 0 Å². The van der Waals surface area contributed by atoms with Gasteiger partial charge in [0.05, 0.1) is 7.11 Å². The number of amides is 1. The second kappa shape index (κ2) is 24.1. The lowest BCUT2D eigenvalue weighted by atomic mass is 10.0. The predicted molar refractivity (Wildman–Crippen MR) is 141 cm³/mol. The summed E-state index contributed by atoms with van der Waals surface area (Å²) in [6.07, 6.45) is 26.7. The normalized spacial score (nSPS) is 12.2. The summed E-state index contributed by atoms with van der Waals surface area (Å²) >= 11 is 0. The third kappa shape index (κ3) is 22.5. The van der Waals surface area contributed by atoms with E-state index < -0.39 is 6.04 Å². The van der Waals surface area contributed by atoms with Crippen LogP contribution in [0.25, 0.3) is 0 Å². The molecule has 0 spiro atoms. The van der Waals surface area contributed by atoms with Gasteiger partial charge in [-0.1, -0.05) is 136 Å². The molecule has 1 atom stereocenters. The first-order valence-electron chi connectivity index (χ1n) is 14.4. The van der Waals surface area contributed by atoms with E-state index >= 15 is 0 Å². The molecular formula is C29H57NO3. The van der Waals surface area contributed by atoms with Crippen molar-refractivity contribution < 1.29 is 14.3 Å². The number of nitrogens with one attached hydrogen (secondary N) is 1. The minimum absolute atomic E-state index is 0.0296. The van der Waals surface area contributed by atoms with Crippen molar-refractivity contribution in [1.82, 2.24) is 5.32 Å². The highest BCUT2D eigenvalue weighted by Crippen LogP contribution is 2.15. The van der Waals surface area contributed by atoms with Crippen LogP contribution in [0.15, 0.2) is 0 Å². The molecular weight excluding hydrogens is 410 g/mol. The van der Waals surface area contributed by atoms with Gasteiger partial charge in [-0.2, -0.15) is 0 Å². The molecule has 0 unspecified atom stereocenters. The Bertz CT molecular complexity index is 450. The van der Waals surface area contributed by atoms with Gasteiger partial charge in [-0.25, -0.2) is 4.79 Å². The van der Waals surface area contributed by atoms with Crippen LogP contribution in [0.1, 0.15) is 156 Å². The number of unbranched alkanes of at least 4 members (excludes halogenated alkanes) is 18. The van der Waals surface area contributed by atoms with Gasteiger partial charge < -0.3 is 10.1 Å². The van der Waals surface area contributed by atoms with Crippen molar-refractivity contribution >= 4 is 11.9 Å². The van der Waals surface area contributed by atoms with Gasteiger partial charge in [-0.05, 0) is 18.8 Å². The average Bonchev–Trinajstić information content (AvgIpc) is 2.79. The zero-order valence-corrected chi connectivity index (χ0v) is 22.7. The number of rotatable bonds is 24. The lowest BCUT2D eigenvalue weighted by Gasteiger charge is -2.18. The van der Waals surface area contributed by atoms with Crippen LogP contribution >= 0.6 is 0 Å². The van der Waals surface area contributed by atoms with Crippen LogP contribution in [0.3, 0.4) is 0 Å². The molecule has 0 saturated heterocycles. The van der Waals surface area contributed by atoms with Crippen molar-refractivity contribution in [3.63, 3.8) is 0 Å². The molecule has 4 heteroatoms. The summed E-state index contributed by atoms with van der Waals surface area (Å²) in [6.45, 7) is 6.37. The molecule has 0 aliphatic carbocycles. The van der Waals surface area contributed by atoms with Gasteiger partial charge in [-0.15, -0.1) is 0 Å². The van der Waals surface area contributed by atoms with Crippen LogP contribution in [0.4, 0.5) is 0 Å². The molecule has 0 aromatic heterocycles. The molecule has 0 aliphatic rings. The van der Waals surface area contributed by atoms with E-state index in [1.165, 1.54) is 116 Å². The molecule has 1 N–H and O–H groups in total. The van der Waals surface area contributed by atoms with E-state index in [4.69, 9.17) is 4.74 Å². The van der Waals surface area contributed by atoms with Crippen LogP contribution in [-0.4, -0.2) is 25.0 Å². The number of esters is 1. The molecule has 0 aliphatic heterocycles. The van der Waals surface area contributed by atoms with E-state index in [0.717, 1.165) is 12.8 Å². The Morgan fingerprint density at radius 2 is 1.00 bits per heavy atom. The molecule has 0 saturated carbocycles. The van der Waals surface area contributed by atoms with E-state index in [-0.39, 0.29) is 11.9 Å². The van der Waals surface area contributed by atoms with Gasteiger partial charge in [0.2, 0.25) is 5.91 Å². The van der Waals surface area contributed by atoms with Crippen molar-refractivity contribution in [2.24, 2.45) is 5.92 Å². The van der Waals surface area contributed by atoms with E-state index in [1.54, 1.807) is 0 Å². The summed E-state index contributed by atoms with van der Waals surface area (Å²) < 4.78 is 4.81. The van der Waals surface area contributed by atoms with Gasteiger partial charge >= 0.3 is 5.97 Å². The Morgan fingerprint density at radius 3 is 1.33 bits per heavy atom. The molecule has 0 aromatic rings. The number of carbonyl (C=O) groups is 2. The summed E-state index contributed by atoms with van der Waals surface area (Å²) in [7, 11) is 1.37. The molecule has 0 radical (unpaired) electrons. The molecule has 0 aromatic carbocycles. The highest BCUT2D eigenvalue weighted by Gasteiger charge is 2.22. The molecule has 0 heterocycles. The van der Waals surface area contributed by atoms with E-state index in [9.17, 15) is 9.59 Å². The Balaban J connectivity index is 3.39. The number of carbonyl (C=O) groups excluding carboxylic acids is 2. The average molecular weight is 468 g/mol. The fraction of sp³-hybridized carbons (Fsp3) is 0.931. The Labute approximate surface area is 206 Å². The second-order valence-corrected chi connectivity index (χ2v) is 10.4. The summed E-state index contributed by atoms with van der Waals surface area (Å²) in [6, 6.07) is -0.511. The third-order valence-corrected chi connectivity index (χ3v) is 6.54. The fourth-order valence-electron chi connectivity index (χ4n) is 4.46. The first-order valence-corrected chi connectivity index (χ1v) is 14.4. The van der Waals surface area contributed by atoms with E-state index in [2.05, 4.69) is 12.2 Å². The van der Waals surface area contributed by atoms with Crippen LogP contribution in [0.5, 0.6) is 0 Å². The minimum atomic E-state index is -0.511. The topological polar surface area (TPSA) is 55.4 Å². The first-order chi connectivity index (χ1) is 16.0. The largest absolute Gasteiger partial charge is 0.467 e. The van der Waals surface area contributed by atoms with Gasteiger partial charge in [-0.3, -0.25) is 4.79 Å². The molecule has 4 nitrogen and oxygen atoms in total. The van der Waals surface area contributed by atoms with E-state index in [1.807, 2.05) is 13.8 Å². The van der Waals surface area contributed by atoms with Crippen molar-refractivity contribution in [3.8, 4) is 0 Å². The van der Waals surface area contributed by atoms with Crippen molar-refractivity contribution in [3.05, 3.63) is 0 Å². The van der Waals surface area contributed by atoms with E-state index in [0.29, 0.717) is 18.8 Å². The molecule has 0 fully saturated rings. The minimum Gasteiger partial charge on any atom is -0.467 e. The van der Waals surface area contributed by atoms with Gasteiger partial charge in [0.15, 0.2) is 0 Å². The van der Waals surface area contributed by atoms with Crippen molar-refractivity contribution in [2.75, 3.05) is 7.11 Å². The number of ether oxygens (including phenoxy) is 1. The standard InChI is InChI=1S/C29H57NO3/c1-5-6-7-8-9-10-11-12-13-14-15-16-17-18-19-20-21-22-23-24-28(31)30-27(25-26(2)3)29(32)33-4/h26-27H,5-25H2,1-4H3,(H,30,31)/t27-/m0/s1. The van der Waals surface area contributed by atoms with Crippen LogP contribution < -0.4 is 5.32 Å². The summed E-state index contributed by atoms with van der Waals surface area (Å²) in [5.41, 5.74) is 0. The molecule has 196 valence electrons. The first kappa shape index (κ1) is 31.9. The second-order valence-electron chi connectivity index (χ2n) is 10.4. The monoisotopic (exact) mass is 467 g/mol. The zero-order valence-electron chi connectivity index (χ0n) is 22.7. The summed E-state index contributed by atoms with van der Waals surface area (Å²) in [5, 5.41) is 2.84. The SMILES string of the molecule is CCCCCCCCCCCCCCCCCCCCCC(=O)N[C@@H](CC(C)C)C(=O)OC. The maximum atomic E-state index is 12.1. The molecule has 0 bridgehead atoms. The smallest absolute Gasteiger partial charge is 0.328 e. The Kier molecular flexibility index (Phi) is 23.3. The fourth-order valence-corrected chi connectivity index (χ4v) is 4.46. The number of hydrogen-bond acceptors (Lipinski definition) is 3. The Morgan fingerprint density at radius 1 is 0.636 bits per heavy atom. The maximum absolute atomic E-state index is 12.1. The lowest BCUT2D eigenvalue weighted by molar-refractivity contribution is -0.145. The molecule has 0 rings (SSSR count). The lowest BCUT2D eigenvalue weighted by Crippen LogP contribution is -2.42. The third-order valence-electron chi connectivity index (χ3n) is 6.54. The van der Waals surface area contributed by atoms with Gasteiger partial charge in [0.25, 0.3) is 0 Å². The Hall–Kier alpha value is -1.06. The highest BCUT2D eigenvalue weighted by atomic mass is 16.5.